The first-order valence-electron chi connectivity index (χ1n) is 7.17. The molecule has 0 atom stereocenters. The molecule has 0 N–H and O–H groups in total. The van der Waals surface area contributed by atoms with Crippen molar-refractivity contribution in [1.82, 2.24) is 0 Å². The summed E-state index contributed by atoms with van der Waals surface area (Å²) in [7, 11) is 0. The van der Waals surface area contributed by atoms with E-state index in [1.165, 1.54) is 18.4 Å². The molecule has 2 aliphatic carbocycles. The van der Waals surface area contributed by atoms with E-state index in [4.69, 9.17) is 0 Å². The van der Waals surface area contributed by atoms with E-state index < -0.39 is 0 Å². The fourth-order valence-corrected chi connectivity index (χ4v) is 5.58. The van der Waals surface area contributed by atoms with Gasteiger partial charge in [0.25, 0.3) is 0 Å². The van der Waals surface area contributed by atoms with Gasteiger partial charge in [0.05, 0.1) is 0 Å². The van der Waals surface area contributed by atoms with Gasteiger partial charge in [-0.2, -0.15) is 0 Å². The molecule has 96 valence electrons. The number of hydrogen-bond acceptors (Lipinski definition) is 0. The Kier molecular flexibility index (Phi) is 2.20. The highest BCUT2D eigenvalue weighted by molar-refractivity contribution is 5.72. The van der Waals surface area contributed by atoms with Crippen molar-refractivity contribution in [2.75, 3.05) is 0 Å². The third kappa shape index (κ3) is 1.08. The van der Waals surface area contributed by atoms with E-state index in [0.717, 1.165) is 0 Å². The Bertz CT molecular complexity index is 515. The zero-order valence-electron chi connectivity index (χ0n) is 12.3. The molecule has 1 spiro atoms. The number of allylic oxidation sites excluding steroid dienone is 1. The maximum absolute atomic E-state index is 2.46. The van der Waals surface area contributed by atoms with Gasteiger partial charge >= 0.3 is 0 Å². The quantitative estimate of drug-likeness (QED) is 0.634. The molecule has 0 bridgehead atoms. The highest BCUT2D eigenvalue weighted by Gasteiger charge is 2.68. The first kappa shape index (κ1) is 12.0. The molecule has 1 aromatic rings. The lowest BCUT2D eigenvalue weighted by atomic mass is 9.35. The fraction of sp³-hybridized carbons (Fsp3) is 0.556. The molecule has 0 aromatic heterocycles. The summed E-state index contributed by atoms with van der Waals surface area (Å²) in [6.45, 7) is 12.1. The SMILES string of the molecule is CCC1=Cc2ccccc2C12C(C)(C)CC2(C)C. The van der Waals surface area contributed by atoms with Crippen molar-refractivity contribution < 1.29 is 0 Å². The molecule has 0 radical (unpaired) electrons. The predicted molar refractivity (Wildman–Crippen MR) is 78.6 cm³/mol. The highest BCUT2D eigenvalue weighted by Crippen LogP contribution is 2.74. The minimum atomic E-state index is 0.269. The van der Waals surface area contributed by atoms with Crippen molar-refractivity contribution in [3.8, 4) is 0 Å². The molecule has 0 heteroatoms. The summed E-state index contributed by atoms with van der Waals surface area (Å²) < 4.78 is 0. The third-order valence-corrected chi connectivity index (χ3v) is 5.47. The van der Waals surface area contributed by atoms with Crippen molar-refractivity contribution in [1.29, 1.82) is 0 Å². The third-order valence-electron chi connectivity index (χ3n) is 5.47. The Hall–Kier alpha value is -1.04. The number of benzene rings is 1. The largest absolute Gasteiger partial charge is 0.0619 e. The maximum atomic E-state index is 2.46. The molecule has 0 heterocycles. The topological polar surface area (TPSA) is 0 Å². The van der Waals surface area contributed by atoms with Crippen LogP contribution in [0.25, 0.3) is 6.08 Å². The first-order valence-corrected chi connectivity index (χ1v) is 7.17. The summed E-state index contributed by atoms with van der Waals surface area (Å²) in [4.78, 5) is 0. The molecule has 0 amide bonds. The van der Waals surface area contributed by atoms with Crippen LogP contribution in [0.5, 0.6) is 0 Å². The molecule has 0 unspecified atom stereocenters. The molecule has 1 aromatic carbocycles. The standard InChI is InChI=1S/C18H24/c1-6-14-11-13-9-7-8-10-15(13)18(14)16(2,3)12-17(18,4)5/h7-11H,6,12H2,1-5H3. The predicted octanol–water partition coefficient (Wildman–Crippen LogP) is 5.19. The molecular weight excluding hydrogens is 216 g/mol. The Morgan fingerprint density at radius 3 is 2.17 bits per heavy atom. The molecule has 1 fully saturated rings. The monoisotopic (exact) mass is 240 g/mol. The van der Waals surface area contributed by atoms with Gasteiger partial charge in [-0.1, -0.05) is 70.5 Å². The smallest absolute Gasteiger partial charge is 0.0273 e. The molecule has 1 saturated carbocycles. The summed E-state index contributed by atoms with van der Waals surface area (Å²) in [5, 5.41) is 0. The second-order valence-corrected chi connectivity index (χ2v) is 7.30. The minimum Gasteiger partial charge on any atom is -0.0619 e. The van der Waals surface area contributed by atoms with Gasteiger partial charge in [0.15, 0.2) is 0 Å². The van der Waals surface area contributed by atoms with Crippen molar-refractivity contribution in [3.05, 3.63) is 41.0 Å². The van der Waals surface area contributed by atoms with Crippen LogP contribution < -0.4 is 0 Å². The normalized spacial score (nSPS) is 25.5. The van der Waals surface area contributed by atoms with Gasteiger partial charge in [-0.05, 0) is 34.8 Å². The lowest BCUT2D eigenvalue weighted by Crippen LogP contribution is -2.64. The second-order valence-electron chi connectivity index (χ2n) is 7.30. The van der Waals surface area contributed by atoms with Crippen LogP contribution >= 0.6 is 0 Å². The number of hydrogen-bond donors (Lipinski definition) is 0. The summed E-state index contributed by atoms with van der Waals surface area (Å²) in [6, 6.07) is 9.01. The van der Waals surface area contributed by atoms with Gasteiger partial charge in [0.2, 0.25) is 0 Å². The number of rotatable bonds is 1. The Balaban J connectivity index is 2.30. The van der Waals surface area contributed by atoms with E-state index in [-0.39, 0.29) is 5.41 Å². The van der Waals surface area contributed by atoms with E-state index in [9.17, 15) is 0 Å². The summed E-state index contributed by atoms with van der Waals surface area (Å²) in [5.41, 5.74) is 5.70. The van der Waals surface area contributed by atoms with E-state index >= 15 is 0 Å². The van der Waals surface area contributed by atoms with Crippen molar-refractivity contribution in [2.24, 2.45) is 10.8 Å². The first-order chi connectivity index (χ1) is 8.37. The average molecular weight is 240 g/mol. The minimum absolute atomic E-state index is 0.269. The van der Waals surface area contributed by atoms with E-state index in [2.05, 4.69) is 65.0 Å². The Labute approximate surface area is 111 Å². The van der Waals surface area contributed by atoms with Crippen LogP contribution in [0.15, 0.2) is 29.8 Å². The average Bonchev–Trinajstić information content (AvgIpc) is 2.64. The number of fused-ring (bicyclic) bond motifs is 2. The van der Waals surface area contributed by atoms with Crippen LogP contribution in [-0.4, -0.2) is 0 Å². The van der Waals surface area contributed by atoms with Crippen LogP contribution in [0.4, 0.5) is 0 Å². The van der Waals surface area contributed by atoms with Gasteiger partial charge in [0.1, 0.15) is 0 Å². The lowest BCUT2D eigenvalue weighted by molar-refractivity contribution is -0.0904. The molecule has 18 heavy (non-hydrogen) atoms. The zero-order chi connectivity index (χ0) is 13.2. The van der Waals surface area contributed by atoms with Crippen molar-refractivity contribution in [2.45, 2.75) is 52.9 Å². The van der Waals surface area contributed by atoms with Crippen LogP contribution in [0.1, 0.15) is 58.6 Å². The van der Waals surface area contributed by atoms with E-state index in [1.54, 1.807) is 11.1 Å². The van der Waals surface area contributed by atoms with Crippen LogP contribution in [0, 0.1) is 10.8 Å². The van der Waals surface area contributed by atoms with Gasteiger partial charge < -0.3 is 0 Å². The van der Waals surface area contributed by atoms with Gasteiger partial charge in [-0.25, -0.2) is 0 Å². The fourth-order valence-electron chi connectivity index (χ4n) is 5.58. The van der Waals surface area contributed by atoms with Crippen LogP contribution in [-0.2, 0) is 5.41 Å². The van der Waals surface area contributed by atoms with Crippen LogP contribution in [0.2, 0.25) is 0 Å². The molecule has 3 rings (SSSR count). The lowest BCUT2D eigenvalue weighted by Gasteiger charge is -2.68. The second kappa shape index (κ2) is 3.29. The van der Waals surface area contributed by atoms with Crippen LogP contribution in [0.3, 0.4) is 0 Å². The maximum Gasteiger partial charge on any atom is 0.0273 e. The highest BCUT2D eigenvalue weighted by atomic mass is 14.7. The van der Waals surface area contributed by atoms with Gasteiger partial charge in [-0.15, -0.1) is 0 Å². The van der Waals surface area contributed by atoms with E-state index in [1.807, 2.05) is 0 Å². The zero-order valence-corrected chi connectivity index (χ0v) is 12.3. The molecule has 0 nitrogen and oxygen atoms in total. The molecule has 0 aliphatic heterocycles. The van der Waals surface area contributed by atoms with Gasteiger partial charge in [-0.3, -0.25) is 0 Å². The van der Waals surface area contributed by atoms with E-state index in [0.29, 0.717) is 10.8 Å². The molecule has 2 aliphatic rings. The van der Waals surface area contributed by atoms with Crippen molar-refractivity contribution in [3.63, 3.8) is 0 Å². The Morgan fingerprint density at radius 2 is 1.61 bits per heavy atom. The summed E-state index contributed by atoms with van der Waals surface area (Å²) in [5.74, 6) is 0. The summed E-state index contributed by atoms with van der Waals surface area (Å²) >= 11 is 0. The van der Waals surface area contributed by atoms with Gasteiger partial charge in [0, 0.05) is 5.41 Å². The Morgan fingerprint density at radius 1 is 1.00 bits per heavy atom. The molecular formula is C18H24. The molecule has 0 saturated heterocycles. The van der Waals surface area contributed by atoms with Crippen molar-refractivity contribution >= 4 is 6.08 Å². The summed E-state index contributed by atoms with van der Waals surface area (Å²) in [6.07, 6.45) is 4.94.